The predicted molar refractivity (Wildman–Crippen MR) is 208 cm³/mol. The molecule has 0 amide bonds. The molecule has 2 fully saturated rings. The van der Waals surface area contributed by atoms with Crippen LogP contribution in [-0.4, -0.2) is 5.49 Å². The number of hydrogen-bond acceptors (Lipinski definition) is 0. The Morgan fingerprint density at radius 2 is 0.917 bits per heavy atom. The molecule has 0 radical (unpaired) electrons. The first-order valence-corrected chi connectivity index (χ1v) is 37.7. The van der Waals surface area contributed by atoms with E-state index in [1.807, 2.05) is 0 Å². The summed E-state index contributed by atoms with van der Waals surface area (Å²) in [5.74, 6) is 0. The maximum absolute atomic E-state index is 4.04. The first-order chi connectivity index (χ1) is 23.4. The maximum atomic E-state index is 3.04. The molecule has 246 valence electrons. The van der Waals surface area contributed by atoms with E-state index in [0.717, 1.165) is 23.9 Å². The number of aryl methyl sites for hydroxylation is 2. The van der Waals surface area contributed by atoms with E-state index in [1.54, 1.807) is 11.1 Å². The van der Waals surface area contributed by atoms with Gasteiger partial charge in [-0.2, -0.15) is 0 Å². The van der Waals surface area contributed by atoms with Crippen LogP contribution >= 0.6 is 0 Å². The van der Waals surface area contributed by atoms with E-state index in [1.165, 1.54) is 95.9 Å². The van der Waals surface area contributed by atoms with Gasteiger partial charge >= 0.3 is 293 Å². The van der Waals surface area contributed by atoms with Crippen molar-refractivity contribution in [1.29, 1.82) is 0 Å². The number of hydrogen-bond donors (Lipinski definition) is 0. The van der Waals surface area contributed by atoms with Gasteiger partial charge in [-0.3, -0.25) is 0 Å². The molecular weight excluding hydrogens is 759 g/mol. The first kappa shape index (κ1) is 32.6. The van der Waals surface area contributed by atoms with Gasteiger partial charge in [0.2, 0.25) is 0 Å². The summed E-state index contributed by atoms with van der Waals surface area (Å²) in [7, 11) is 0. The molecule has 0 bridgehead atoms. The number of rotatable bonds is 8. The van der Waals surface area contributed by atoms with Crippen LogP contribution in [0.25, 0.3) is 34.4 Å². The Bertz CT molecular complexity index is 1850. The molecule has 4 aromatic carbocycles. The van der Waals surface area contributed by atoms with Gasteiger partial charge in [-0.15, -0.1) is 0 Å². The van der Waals surface area contributed by atoms with E-state index >= 15 is 0 Å². The zero-order valence-electron chi connectivity index (χ0n) is 29.8. The normalized spacial score (nSPS) is 20.9. The summed E-state index contributed by atoms with van der Waals surface area (Å²) in [4.78, 5) is 0. The number of fused-ring (bicyclic) bond motifs is 2. The van der Waals surface area contributed by atoms with Crippen LogP contribution in [0.5, 0.6) is 0 Å². The van der Waals surface area contributed by atoms with Crippen molar-refractivity contribution in [3.8, 4) is 22.3 Å². The van der Waals surface area contributed by atoms with Gasteiger partial charge in [0.25, 0.3) is 0 Å². The van der Waals surface area contributed by atoms with Gasteiger partial charge in [-0.05, 0) is 0 Å². The third-order valence-corrected chi connectivity index (χ3v) is 69.3. The van der Waals surface area contributed by atoms with E-state index in [4.69, 9.17) is 0 Å². The summed E-state index contributed by atoms with van der Waals surface area (Å²) in [5, 5.41) is 0. The molecule has 0 heterocycles. The Morgan fingerprint density at radius 3 is 1.33 bits per heavy atom. The van der Waals surface area contributed by atoms with Crippen molar-refractivity contribution in [1.82, 2.24) is 0 Å². The second-order valence-electron chi connectivity index (χ2n) is 16.3. The Labute approximate surface area is 291 Å². The average Bonchev–Trinajstić information content (AvgIpc) is 3.96. The molecule has 8 rings (SSSR count). The second kappa shape index (κ2) is 13.0. The summed E-state index contributed by atoms with van der Waals surface area (Å²) in [6.07, 6.45) is 24.8. The standard InChI is InChI=1S/2C17H15.C10H18Si.2CH3.Hf/c2*1-2-13-7-3-4-10-15(13)17-12-6-9-14-8-5-11-16(14)17;1-2-6-9(5-1)11-10-7-3-4-8-10;;;/h2*3-12H,2H2,1H3;9-10H,1-8H2;2*1H3;. The predicted octanol–water partition coefficient (Wildman–Crippen LogP) is 13.6. The summed E-state index contributed by atoms with van der Waals surface area (Å²) >= 11 is -4.04. The molecule has 0 spiro atoms. The van der Waals surface area contributed by atoms with Crippen LogP contribution in [0, 0.1) is 0 Å². The first-order valence-electron chi connectivity index (χ1n) is 19.3. The van der Waals surface area contributed by atoms with Crippen LogP contribution in [0.1, 0.15) is 106 Å². The molecular formula is C46H54HfSi. The van der Waals surface area contributed by atoms with E-state index in [-0.39, 0.29) is 0 Å². The fourth-order valence-corrected chi connectivity index (χ4v) is 78.4. The van der Waals surface area contributed by atoms with Gasteiger partial charge in [0, 0.05) is 0 Å². The van der Waals surface area contributed by atoms with Crippen LogP contribution in [-0.2, 0) is 30.0 Å². The molecule has 4 aromatic rings. The molecule has 2 heteroatoms. The molecule has 0 nitrogen and oxygen atoms in total. The summed E-state index contributed by atoms with van der Waals surface area (Å²) in [6.45, 7) is 4.62. The molecule has 2 unspecified atom stereocenters. The Hall–Kier alpha value is -2.55. The van der Waals surface area contributed by atoms with E-state index in [9.17, 15) is 0 Å². The van der Waals surface area contributed by atoms with Crippen molar-refractivity contribution in [2.24, 2.45) is 0 Å². The molecule has 2 atom stereocenters. The van der Waals surface area contributed by atoms with Crippen LogP contribution < -0.4 is 0 Å². The molecule has 48 heavy (non-hydrogen) atoms. The third-order valence-electron chi connectivity index (χ3n) is 13.7. The summed E-state index contributed by atoms with van der Waals surface area (Å²) in [5.41, 5.74) is 16.5. The zero-order valence-corrected chi connectivity index (χ0v) is 34.4. The van der Waals surface area contributed by atoms with Gasteiger partial charge in [0.1, 0.15) is 0 Å². The van der Waals surface area contributed by atoms with Crippen LogP contribution in [0.4, 0.5) is 0 Å². The van der Waals surface area contributed by atoms with Crippen LogP contribution in [0.15, 0.2) is 97.1 Å². The summed E-state index contributed by atoms with van der Waals surface area (Å²) in [6, 6.07) is 33.1. The molecule has 0 saturated heterocycles. The fourth-order valence-electron chi connectivity index (χ4n) is 11.5. The minimum atomic E-state index is -4.04. The topological polar surface area (TPSA) is 0 Å². The van der Waals surface area contributed by atoms with Crippen molar-refractivity contribution < 1.29 is 17.1 Å². The van der Waals surface area contributed by atoms with E-state index in [0.29, 0.717) is 7.35 Å². The molecule has 4 aliphatic carbocycles. The quantitative estimate of drug-likeness (QED) is 0.156. The molecule has 2 saturated carbocycles. The Balaban J connectivity index is 1.39. The molecule has 4 aliphatic rings. The van der Waals surface area contributed by atoms with Crippen molar-refractivity contribution in [3.05, 3.63) is 130 Å². The summed E-state index contributed by atoms with van der Waals surface area (Å²) < 4.78 is 7.28. The van der Waals surface area contributed by atoms with Gasteiger partial charge in [0.05, 0.1) is 0 Å². The van der Waals surface area contributed by atoms with Crippen molar-refractivity contribution in [2.75, 3.05) is 0 Å². The third kappa shape index (κ3) is 5.14. The fraction of sp³-hybridized carbons (Fsp3) is 0.391. The van der Waals surface area contributed by atoms with Gasteiger partial charge in [-0.1, -0.05) is 0 Å². The average molecular weight is 814 g/mol. The second-order valence-corrected chi connectivity index (χ2v) is 61.2. The number of benzene rings is 4. The van der Waals surface area contributed by atoms with Gasteiger partial charge < -0.3 is 0 Å². The van der Waals surface area contributed by atoms with E-state index in [2.05, 4.69) is 132 Å². The van der Waals surface area contributed by atoms with Crippen molar-refractivity contribution in [3.63, 3.8) is 0 Å². The SMILES string of the molecule is CCc1ccccc1-c1cccc2c1C=C[CH]2[Hf]([CH3])([CH3])([CH]1C=Cc2c(-c3ccccc3CC)cccc21)=[Si](C1CCCC1)C1CCCC1. The Morgan fingerprint density at radius 1 is 0.521 bits per heavy atom. The molecule has 0 aromatic heterocycles. The van der Waals surface area contributed by atoms with Gasteiger partial charge in [0.15, 0.2) is 0 Å². The van der Waals surface area contributed by atoms with Crippen LogP contribution in [0.3, 0.4) is 0 Å². The van der Waals surface area contributed by atoms with Crippen molar-refractivity contribution >= 4 is 17.6 Å². The van der Waals surface area contributed by atoms with E-state index < -0.39 is 22.6 Å². The molecule has 0 aliphatic heterocycles. The van der Waals surface area contributed by atoms with Gasteiger partial charge in [-0.25, -0.2) is 0 Å². The van der Waals surface area contributed by atoms with Crippen molar-refractivity contribution in [2.45, 2.75) is 106 Å². The monoisotopic (exact) mass is 814 g/mol. The van der Waals surface area contributed by atoms with Crippen LogP contribution in [0.2, 0.25) is 20.4 Å². The minimum absolute atomic E-state index is 0.605. The Kier molecular flexibility index (Phi) is 8.82. The zero-order chi connectivity index (χ0) is 32.9. The molecule has 0 N–H and O–H groups in total. The number of allylic oxidation sites excluding steroid dienone is 2.